The zero-order chi connectivity index (χ0) is 14.5. The normalized spacial score (nSPS) is 16.6. The van der Waals surface area contributed by atoms with Gasteiger partial charge in [-0.2, -0.15) is 5.26 Å². The monoisotopic (exact) mass is 294 g/mol. The average Bonchev–Trinajstić information content (AvgIpc) is 2.41. The van der Waals surface area contributed by atoms with Crippen molar-refractivity contribution in [2.75, 3.05) is 25.0 Å². The van der Waals surface area contributed by atoms with Crippen LogP contribution in [0.1, 0.15) is 12.8 Å². The molecule has 0 radical (unpaired) electrons. The van der Waals surface area contributed by atoms with Crippen LogP contribution in [0, 0.1) is 21.4 Å². The molecule has 1 fully saturated rings. The highest BCUT2D eigenvalue weighted by atomic mass is 35.5. The molecule has 1 aromatic rings. The highest BCUT2D eigenvalue weighted by Gasteiger charge is 2.22. The van der Waals surface area contributed by atoms with Gasteiger partial charge in [-0.25, -0.2) is 0 Å². The molecule has 0 aliphatic carbocycles. The van der Waals surface area contributed by atoms with Gasteiger partial charge in [-0.15, -0.1) is 0 Å². The molecule has 0 unspecified atom stereocenters. The van der Waals surface area contributed by atoms with Gasteiger partial charge in [0, 0.05) is 30.2 Å². The maximum absolute atomic E-state index is 11.0. The maximum Gasteiger partial charge on any atom is 0.292 e. The Bertz CT molecular complexity index is 536. The third-order valence-corrected chi connectivity index (χ3v) is 3.63. The van der Waals surface area contributed by atoms with Crippen LogP contribution in [-0.2, 0) is 0 Å². The Morgan fingerprint density at radius 3 is 2.80 bits per heavy atom. The van der Waals surface area contributed by atoms with Crippen LogP contribution >= 0.6 is 11.6 Å². The molecular weight excluding hydrogens is 280 g/mol. The molecule has 0 saturated carbocycles. The Hall–Kier alpha value is -1.84. The highest BCUT2D eigenvalue weighted by Crippen LogP contribution is 2.29. The number of benzene rings is 1. The Morgan fingerprint density at radius 2 is 2.20 bits per heavy atom. The third-order valence-electron chi connectivity index (χ3n) is 3.40. The Kier molecular flexibility index (Phi) is 4.77. The molecule has 1 aliphatic rings. The molecule has 0 amide bonds. The van der Waals surface area contributed by atoms with Crippen LogP contribution in [0.2, 0.25) is 5.02 Å². The quantitative estimate of drug-likeness (QED) is 0.524. The second-order valence-corrected chi connectivity index (χ2v) is 5.21. The SMILES string of the molecule is N#CCN1CCC(Nc2cc(Cl)ccc2[N+](=O)[O-])CC1. The van der Waals surface area contributed by atoms with Gasteiger partial charge in [0.05, 0.1) is 17.5 Å². The van der Waals surface area contributed by atoms with E-state index in [-0.39, 0.29) is 11.7 Å². The van der Waals surface area contributed by atoms with Crippen molar-refractivity contribution in [2.45, 2.75) is 18.9 Å². The molecule has 2 rings (SSSR count). The first kappa shape index (κ1) is 14.6. The van der Waals surface area contributed by atoms with E-state index in [0.29, 0.717) is 17.3 Å². The molecule has 1 heterocycles. The van der Waals surface area contributed by atoms with Crippen molar-refractivity contribution in [3.05, 3.63) is 33.3 Å². The molecule has 20 heavy (non-hydrogen) atoms. The van der Waals surface area contributed by atoms with E-state index < -0.39 is 4.92 Å². The van der Waals surface area contributed by atoms with Gasteiger partial charge in [0.15, 0.2) is 0 Å². The van der Waals surface area contributed by atoms with Crippen LogP contribution in [0.4, 0.5) is 11.4 Å². The molecule has 106 valence electrons. The summed E-state index contributed by atoms with van der Waals surface area (Å²) in [6.45, 7) is 2.07. The van der Waals surface area contributed by atoms with Crippen molar-refractivity contribution in [3.8, 4) is 6.07 Å². The standard InChI is InChI=1S/C13H15ClN4O2/c14-10-1-2-13(18(19)20)12(9-10)16-11-3-6-17(7-4-11)8-5-15/h1-2,9,11,16H,3-4,6-8H2. The number of nitro benzene ring substituents is 1. The minimum atomic E-state index is -0.413. The molecule has 1 saturated heterocycles. The molecule has 6 nitrogen and oxygen atoms in total. The van der Waals surface area contributed by atoms with Crippen molar-refractivity contribution >= 4 is 23.0 Å². The van der Waals surface area contributed by atoms with Gasteiger partial charge in [-0.3, -0.25) is 15.0 Å². The van der Waals surface area contributed by atoms with Crippen LogP contribution in [0.3, 0.4) is 0 Å². The maximum atomic E-state index is 11.0. The molecule has 1 N–H and O–H groups in total. The van der Waals surface area contributed by atoms with Crippen molar-refractivity contribution in [1.82, 2.24) is 4.90 Å². The van der Waals surface area contributed by atoms with Gasteiger partial charge in [-0.1, -0.05) is 11.6 Å². The summed E-state index contributed by atoms with van der Waals surface area (Å²) >= 11 is 5.90. The highest BCUT2D eigenvalue weighted by molar-refractivity contribution is 6.31. The van der Waals surface area contributed by atoms with Crippen LogP contribution in [-0.4, -0.2) is 35.5 Å². The van der Waals surface area contributed by atoms with Gasteiger partial charge in [0.2, 0.25) is 0 Å². The first-order valence-corrected chi connectivity index (χ1v) is 6.77. The number of hydrogen-bond donors (Lipinski definition) is 1. The fraction of sp³-hybridized carbons (Fsp3) is 0.462. The summed E-state index contributed by atoms with van der Waals surface area (Å²) in [5.41, 5.74) is 0.495. The number of nitrogens with one attached hydrogen (secondary N) is 1. The fourth-order valence-corrected chi connectivity index (χ4v) is 2.51. The van der Waals surface area contributed by atoms with Gasteiger partial charge in [0.1, 0.15) is 5.69 Å². The van der Waals surface area contributed by atoms with E-state index in [4.69, 9.17) is 16.9 Å². The van der Waals surface area contributed by atoms with E-state index in [0.717, 1.165) is 25.9 Å². The summed E-state index contributed by atoms with van der Waals surface area (Å²) in [6, 6.07) is 6.81. The van der Waals surface area contributed by atoms with Crippen LogP contribution < -0.4 is 5.32 Å². The molecule has 7 heteroatoms. The molecule has 0 aromatic heterocycles. The van der Waals surface area contributed by atoms with E-state index in [9.17, 15) is 10.1 Å². The number of likely N-dealkylation sites (tertiary alicyclic amines) is 1. The second kappa shape index (κ2) is 6.55. The first-order valence-electron chi connectivity index (χ1n) is 6.40. The van der Waals surface area contributed by atoms with Gasteiger partial charge in [-0.05, 0) is 25.0 Å². The molecule has 0 atom stereocenters. The van der Waals surface area contributed by atoms with Crippen LogP contribution in [0.25, 0.3) is 0 Å². The number of anilines is 1. The predicted molar refractivity (Wildman–Crippen MR) is 76.8 cm³/mol. The van der Waals surface area contributed by atoms with Crippen molar-refractivity contribution < 1.29 is 4.92 Å². The predicted octanol–water partition coefficient (Wildman–Crippen LogP) is 2.65. The number of nitriles is 1. The Labute approximate surface area is 122 Å². The van der Waals surface area contributed by atoms with Crippen LogP contribution in [0.5, 0.6) is 0 Å². The zero-order valence-corrected chi connectivity index (χ0v) is 11.6. The molecule has 0 spiro atoms. The summed E-state index contributed by atoms with van der Waals surface area (Å²) < 4.78 is 0. The average molecular weight is 295 g/mol. The first-order chi connectivity index (χ1) is 9.60. The van der Waals surface area contributed by atoms with Crippen LogP contribution in [0.15, 0.2) is 18.2 Å². The number of nitrogens with zero attached hydrogens (tertiary/aromatic N) is 3. The topological polar surface area (TPSA) is 82.2 Å². The fourth-order valence-electron chi connectivity index (χ4n) is 2.34. The van der Waals surface area contributed by atoms with Gasteiger partial charge in [0.25, 0.3) is 5.69 Å². The summed E-state index contributed by atoms with van der Waals surface area (Å²) in [5, 5.41) is 23.3. The van der Waals surface area contributed by atoms with Gasteiger partial charge < -0.3 is 5.32 Å². The molecule has 1 aliphatic heterocycles. The largest absolute Gasteiger partial charge is 0.377 e. The minimum absolute atomic E-state index is 0.0360. The summed E-state index contributed by atoms with van der Waals surface area (Å²) in [7, 11) is 0. The third kappa shape index (κ3) is 3.59. The lowest BCUT2D eigenvalue weighted by molar-refractivity contribution is -0.384. The van der Waals surface area contributed by atoms with E-state index >= 15 is 0 Å². The molecule has 0 bridgehead atoms. The molecular formula is C13H15ClN4O2. The van der Waals surface area contributed by atoms with E-state index in [1.165, 1.54) is 12.1 Å². The number of rotatable bonds is 4. The lowest BCUT2D eigenvalue weighted by Crippen LogP contribution is -2.39. The van der Waals surface area contributed by atoms with E-state index in [1.807, 2.05) is 0 Å². The molecule has 1 aromatic carbocycles. The summed E-state index contributed by atoms with van der Waals surface area (Å²) in [4.78, 5) is 12.7. The van der Waals surface area contributed by atoms with Crippen molar-refractivity contribution in [3.63, 3.8) is 0 Å². The lowest BCUT2D eigenvalue weighted by atomic mass is 10.0. The Balaban J connectivity index is 2.02. The van der Waals surface area contributed by atoms with E-state index in [2.05, 4.69) is 16.3 Å². The summed E-state index contributed by atoms with van der Waals surface area (Å²) in [6.07, 6.45) is 1.71. The minimum Gasteiger partial charge on any atom is -0.377 e. The second-order valence-electron chi connectivity index (χ2n) is 4.77. The number of nitro groups is 1. The van der Waals surface area contributed by atoms with Crippen molar-refractivity contribution in [2.24, 2.45) is 0 Å². The van der Waals surface area contributed by atoms with E-state index in [1.54, 1.807) is 6.07 Å². The van der Waals surface area contributed by atoms with Gasteiger partial charge >= 0.3 is 0 Å². The number of halogens is 1. The Morgan fingerprint density at radius 1 is 1.50 bits per heavy atom. The summed E-state index contributed by atoms with van der Waals surface area (Å²) in [5.74, 6) is 0. The smallest absolute Gasteiger partial charge is 0.292 e. The van der Waals surface area contributed by atoms with Crippen molar-refractivity contribution in [1.29, 1.82) is 5.26 Å². The zero-order valence-electron chi connectivity index (χ0n) is 10.9. The lowest BCUT2D eigenvalue weighted by Gasteiger charge is -2.31. The number of piperidine rings is 1. The number of hydrogen-bond acceptors (Lipinski definition) is 5.